The fraction of sp³-hybridized carbons (Fsp3) is 0.947. The number of unbranched alkanes of at least 4 members (excludes halogenated alkanes) is 32. The molecule has 0 N–H and O–H groups in total. The number of carbonyl (C=O) groups excluding carboxylic acids is 3. The first-order valence-corrected chi connectivity index (χ1v) is 28.1. The Bertz CT molecular complexity index is 978. The third-order valence-electron chi connectivity index (χ3n) is 13.3. The van der Waals surface area contributed by atoms with Gasteiger partial charge >= 0.3 is 17.9 Å². The molecule has 0 aromatic heterocycles. The van der Waals surface area contributed by atoms with Gasteiger partial charge in [-0.05, 0) is 37.0 Å². The van der Waals surface area contributed by atoms with Crippen molar-refractivity contribution in [1.82, 2.24) is 0 Å². The van der Waals surface area contributed by atoms with Crippen LogP contribution in [0.4, 0.5) is 0 Å². The van der Waals surface area contributed by atoms with Gasteiger partial charge in [-0.2, -0.15) is 0 Å². The van der Waals surface area contributed by atoms with Crippen molar-refractivity contribution in [2.45, 2.75) is 317 Å². The van der Waals surface area contributed by atoms with Crippen molar-refractivity contribution < 1.29 is 28.6 Å². The zero-order valence-corrected chi connectivity index (χ0v) is 43.4. The molecular formula is C57H110O6. The summed E-state index contributed by atoms with van der Waals surface area (Å²) in [6.45, 7) is 13.8. The van der Waals surface area contributed by atoms with Crippen LogP contribution >= 0.6 is 0 Å². The van der Waals surface area contributed by atoms with Crippen LogP contribution in [0.5, 0.6) is 0 Å². The van der Waals surface area contributed by atoms with Gasteiger partial charge in [-0.1, -0.05) is 273 Å². The molecule has 6 nitrogen and oxygen atoms in total. The molecule has 1 unspecified atom stereocenters. The maximum absolute atomic E-state index is 12.8. The lowest BCUT2D eigenvalue weighted by Gasteiger charge is -2.18. The maximum atomic E-state index is 12.8. The molecule has 0 saturated heterocycles. The molecule has 0 heterocycles. The summed E-state index contributed by atoms with van der Waals surface area (Å²) in [5.74, 6) is 1.68. The molecule has 0 spiro atoms. The Morgan fingerprint density at radius 2 is 0.556 bits per heavy atom. The molecule has 0 radical (unpaired) electrons. The maximum Gasteiger partial charge on any atom is 0.306 e. The molecule has 0 aliphatic heterocycles. The zero-order chi connectivity index (χ0) is 46.3. The largest absolute Gasteiger partial charge is 0.462 e. The summed E-state index contributed by atoms with van der Waals surface area (Å²) in [5, 5.41) is 0. The van der Waals surface area contributed by atoms with E-state index in [4.69, 9.17) is 14.2 Å². The second-order valence-corrected chi connectivity index (χ2v) is 20.8. The van der Waals surface area contributed by atoms with E-state index in [0.29, 0.717) is 19.3 Å². The Morgan fingerprint density at radius 3 is 0.825 bits per heavy atom. The van der Waals surface area contributed by atoms with Gasteiger partial charge in [0.15, 0.2) is 6.10 Å². The summed E-state index contributed by atoms with van der Waals surface area (Å²) in [6, 6.07) is 0. The minimum absolute atomic E-state index is 0.0642. The summed E-state index contributed by atoms with van der Waals surface area (Å²) in [4.78, 5) is 38.1. The van der Waals surface area contributed by atoms with E-state index in [1.165, 1.54) is 193 Å². The van der Waals surface area contributed by atoms with E-state index in [1.54, 1.807) is 0 Å². The average molecular weight is 892 g/mol. The quantitative estimate of drug-likeness (QED) is 0.0344. The Labute approximate surface area is 393 Å². The molecule has 374 valence electrons. The number of rotatable bonds is 50. The van der Waals surface area contributed by atoms with E-state index >= 15 is 0 Å². The molecule has 0 aromatic carbocycles. The molecule has 0 bridgehead atoms. The van der Waals surface area contributed by atoms with Gasteiger partial charge in [-0.25, -0.2) is 0 Å². The fourth-order valence-electron chi connectivity index (χ4n) is 8.61. The molecule has 2 atom stereocenters. The minimum Gasteiger partial charge on any atom is -0.462 e. The summed E-state index contributed by atoms with van der Waals surface area (Å²) in [6.07, 6.45) is 49.5. The first kappa shape index (κ1) is 61.4. The number of carbonyl (C=O) groups is 3. The van der Waals surface area contributed by atoms with Crippen LogP contribution in [0, 0.1) is 17.8 Å². The van der Waals surface area contributed by atoms with Gasteiger partial charge in [-0.15, -0.1) is 0 Å². The van der Waals surface area contributed by atoms with Crippen LogP contribution in [0.3, 0.4) is 0 Å². The zero-order valence-electron chi connectivity index (χ0n) is 43.4. The topological polar surface area (TPSA) is 78.9 Å². The Balaban J connectivity index is 4.28. The van der Waals surface area contributed by atoms with Crippen molar-refractivity contribution in [3.63, 3.8) is 0 Å². The highest BCUT2D eigenvalue weighted by molar-refractivity contribution is 5.71. The predicted molar refractivity (Wildman–Crippen MR) is 270 cm³/mol. The summed E-state index contributed by atoms with van der Waals surface area (Å²) in [5.41, 5.74) is 0. The molecule has 0 fully saturated rings. The van der Waals surface area contributed by atoms with E-state index in [0.717, 1.165) is 75.5 Å². The monoisotopic (exact) mass is 891 g/mol. The molecule has 0 aromatic rings. The van der Waals surface area contributed by atoms with Gasteiger partial charge < -0.3 is 14.2 Å². The normalized spacial score (nSPS) is 12.6. The van der Waals surface area contributed by atoms with E-state index in [9.17, 15) is 14.4 Å². The summed E-state index contributed by atoms with van der Waals surface area (Å²) >= 11 is 0. The van der Waals surface area contributed by atoms with Gasteiger partial charge in [0.25, 0.3) is 0 Å². The standard InChI is InChI=1S/C57H110O6/c1-7-53(6)45-39-33-27-23-24-30-36-42-48-57(60)63-54(50-62-56(59)47-41-35-29-22-18-14-13-16-20-26-32-38-44-52(4)5)49-61-55(58)46-40-34-28-21-17-12-10-8-9-11-15-19-25-31-37-43-51(2)3/h51-54H,7-50H2,1-6H3/t53?,54-/m0/s1. The summed E-state index contributed by atoms with van der Waals surface area (Å²) < 4.78 is 16.9. The van der Waals surface area contributed by atoms with Gasteiger partial charge in [0, 0.05) is 19.3 Å². The molecule has 0 amide bonds. The Kier molecular flexibility index (Phi) is 47.1. The van der Waals surface area contributed by atoms with Gasteiger partial charge in [0.1, 0.15) is 13.2 Å². The number of esters is 3. The van der Waals surface area contributed by atoms with Crippen molar-refractivity contribution in [2.24, 2.45) is 17.8 Å². The fourth-order valence-corrected chi connectivity index (χ4v) is 8.61. The highest BCUT2D eigenvalue weighted by Gasteiger charge is 2.19. The second-order valence-electron chi connectivity index (χ2n) is 20.8. The van der Waals surface area contributed by atoms with Gasteiger partial charge in [-0.3, -0.25) is 14.4 Å². The number of hydrogen-bond donors (Lipinski definition) is 0. The second kappa shape index (κ2) is 48.3. The van der Waals surface area contributed by atoms with Gasteiger partial charge in [0.2, 0.25) is 0 Å². The van der Waals surface area contributed by atoms with Crippen LogP contribution in [-0.2, 0) is 28.6 Å². The molecular weight excluding hydrogens is 781 g/mol. The van der Waals surface area contributed by atoms with Crippen LogP contribution in [0.1, 0.15) is 311 Å². The van der Waals surface area contributed by atoms with E-state index in [-0.39, 0.29) is 31.1 Å². The highest BCUT2D eigenvalue weighted by atomic mass is 16.6. The van der Waals surface area contributed by atoms with Crippen molar-refractivity contribution in [3.05, 3.63) is 0 Å². The lowest BCUT2D eigenvalue weighted by molar-refractivity contribution is -0.167. The van der Waals surface area contributed by atoms with Crippen molar-refractivity contribution in [2.75, 3.05) is 13.2 Å². The molecule has 6 heteroatoms. The van der Waals surface area contributed by atoms with E-state index < -0.39 is 6.10 Å². The van der Waals surface area contributed by atoms with Crippen molar-refractivity contribution >= 4 is 17.9 Å². The average Bonchev–Trinajstić information content (AvgIpc) is 3.25. The Hall–Kier alpha value is -1.59. The molecule has 0 saturated carbocycles. The van der Waals surface area contributed by atoms with Crippen LogP contribution < -0.4 is 0 Å². The third kappa shape index (κ3) is 49.7. The van der Waals surface area contributed by atoms with Crippen molar-refractivity contribution in [3.8, 4) is 0 Å². The molecule has 0 rings (SSSR count). The predicted octanol–water partition coefficient (Wildman–Crippen LogP) is 18.3. The highest BCUT2D eigenvalue weighted by Crippen LogP contribution is 2.18. The third-order valence-corrected chi connectivity index (χ3v) is 13.3. The first-order chi connectivity index (χ1) is 30.6. The number of ether oxygens (including phenoxy) is 3. The molecule has 0 aliphatic rings. The number of hydrogen-bond acceptors (Lipinski definition) is 6. The molecule has 63 heavy (non-hydrogen) atoms. The lowest BCUT2D eigenvalue weighted by atomic mass is 9.99. The van der Waals surface area contributed by atoms with Crippen LogP contribution in [0.2, 0.25) is 0 Å². The van der Waals surface area contributed by atoms with Crippen LogP contribution in [-0.4, -0.2) is 37.2 Å². The Morgan fingerprint density at radius 1 is 0.317 bits per heavy atom. The summed E-state index contributed by atoms with van der Waals surface area (Å²) in [7, 11) is 0. The molecule has 0 aliphatic carbocycles. The van der Waals surface area contributed by atoms with Crippen molar-refractivity contribution in [1.29, 1.82) is 0 Å². The van der Waals surface area contributed by atoms with Crippen LogP contribution in [0.15, 0.2) is 0 Å². The smallest absolute Gasteiger partial charge is 0.306 e. The van der Waals surface area contributed by atoms with Crippen LogP contribution in [0.25, 0.3) is 0 Å². The van der Waals surface area contributed by atoms with E-state index in [1.807, 2.05) is 0 Å². The van der Waals surface area contributed by atoms with E-state index in [2.05, 4.69) is 41.5 Å². The van der Waals surface area contributed by atoms with Gasteiger partial charge in [0.05, 0.1) is 0 Å². The lowest BCUT2D eigenvalue weighted by Crippen LogP contribution is -2.30. The SMILES string of the molecule is CCC(C)CCCCCCCCCCC(=O)O[C@@H](COC(=O)CCCCCCCCCCCCCCCCCC(C)C)COC(=O)CCCCCCCCCCCCCCC(C)C. The first-order valence-electron chi connectivity index (χ1n) is 28.1. The minimum atomic E-state index is -0.763.